The van der Waals surface area contributed by atoms with Crippen molar-refractivity contribution in [1.29, 1.82) is 0 Å². The standard InChI is InChI=1S/C29H52N6O2/c1-3-5-7-8-9-10-12-15-22-21-23-17-18-25-26(27(36)37-20-14-13-19-32-28(30)31)24(16-11-6-4-2)34-29(33-22)35(23)25/h22-23,29,33H,3-21H2,1-2H3,(H4,30,31,32)/p+1/t22-,23+,29?/m1/s1. The highest BCUT2D eigenvalue weighted by molar-refractivity contribution is 6.20. The van der Waals surface area contributed by atoms with Gasteiger partial charge in [-0.1, -0.05) is 71.6 Å². The first-order valence-corrected chi connectivity index (χ1v) is 15.2. The van der Waals surface area contributed by atoms with Gasteiger partial charge >= 0.3 is 5.97 Å². The Labute approximate surface area is 224 Å². The van der Waals surface area contributed by atoms with E-state index in [1.165, 1.54) is 68.4 Å². The van der Waals surface area contributed by atoms with E-state index in [1.54, 1.807) is 0 Å². The topological polar surface area (TPSA) is 120 Å². The van der Waals surface area contributed by atoms with Crippen LogP contribution >= 0.6 is 0 Å². The largest absolute Gasteiger partial charge is 0.462 e. The fourth-order valence-electron chi connectivity index (χ4n) is 6.17. The van der Waals surface area contributed by atoms with Gasteiger partial charge < -0.3 is 16.2 Å². The fourth-order valence-corrected chi connectivity index (χ4v) is 6.17. The number of carbonyl (C=O) groups is 1. The van der Waals surface area contributed by atoms with Crippen molar-refractivity contribution in [3.8, 4) is 0 Å². The summed E-state index contributed by atoms with van der Waals surface area (Å²) in [5, 5.41) is 3.88. The normalized spacial score (nSPS) is 24.5. The molecule has 3 rings (SSSR count). The number of carbonyl (C=O) groups excluding carboxylic acids is 1. The highest BCUT2D eigenvalue weighted by atomic mass is 16.5. The summed E-state index contributed by atoms with van der Waals surface area (Å²) >= 11 is 0. The molecule has 3 aliphatic rings. The Morgan fingerprint density at radius 1 is 1.03 bits per heavy atom. The highest BCUT2D eigenvalue weighted by Crippen LogP contribution is 2.28. The molecule has 0 aromatic carbocycles. The van der Waals surface area contributed by atoms with Gasteiger partial charge in [0, 0.05) is 31.8 Å². The molecule has 2 saturated heterocycles. The number of quaternary nitrogens is 1. The Morgan fingerprint density at radius 3 is 2.51 bits per heavy atom. The molecule has 8 nitrogen and oxygen atoms in total. The van der Waals surface area contributed by atoms with Crippen molar-refractivity contribution in [2.75, 3.05) is 13.2 Å². The van der Waals surface area contributed by atoms with Crippen molar-refractivity contribution in [1.82, 2.24) is 5.32 Å². The van der Waals surface area contributed by atoms with Crippen LogP contribution in [0.2, 0.25) is 0 Å². The van der Waals surface area contributed by atoms with Crippen molar-refractivity contribution in [3.63, 3.8) is 0 Å². The number of allylic oxidation sites excluding steroid dienone is 1. The number of esters is 1. The number of nitrogens with one attached hydrogen (secondary N) is 2. The summed E-state index contributed by atoms with van der Waals surface area (Å²) < 4.78 is 5.75. The SMILES string of the molecule is CCCCCCCCC[C@@H]1C[C@@H]2CCC3=C(C(=O)OCCCCN=C(N)N)C(CCCCC)=NC(N1)[NH+]32. The van der Waals surface area contributed by atoms with Gasteiger partial charge in [-0.15, -0.1) is 0 Å². The Kier molecular flexibility index (Phi) is 12.9. The molecule has 0 aromatic heterocycles. The van der Waals surface area contributed by atoms with Crippen molar-refractivity contribution < 1.29 is 14.4 Å². The minimum absolute atomic E-state index is 0.0542. The quantitative estimate of drug-likeness (QED) is 0.0956. The predicted octanol–water partition coefficient (Wildman–Crippen LogP) is 3.71. The van der Waals surface area contributed by atoms with Crippen LogP contribution in [0.1, 0.15) is 123 Å². The maximum absolute atomic E-state index is 13.3. The lowest BCUT2D eigenvalue weighted by molar-refractivity contribution is -0.913. The van der Waals surface area contributed by atoms with E-state index in [9.17, 15) is 4.79 Å². The van der Waals surface area contributed by atoms with E-state index in [4.69, 9.17) is 21.2 Å². The molecular weight excluding hydrogens is 464 g/mol. The van der Waals surface area contributed by atoms with E-state index < -0.39 is 0 Å². The number of hydrogen-bond acceptors (Lipinski definition) is 5. The summed E-state index contributed by atoms with van der Waals surface area (Å²) in [6.07, 6.45) is 19.8. The first-order valence-electron chi connectivity index (χ1n) is 15.2. The lowest BCUT2D eigenvalue weighted by atomic mass is 9.96. The molecule has 0 spiro atoms. The molecule has 0 aliphatic carbocycles. The summed E-state index contributed by atoms with van der Waals surface area (Å²) in [6, 6.07) is 1.09. The minimum Gasteiger partial charge on any atom is -0.462 e. The number of nitrogens with two attached hydrogens (primary N) is 2. The van der Waals surface area contributed by atoms with Gasteiger partial charge in [0.05, 0.1) is 18.4 Å². The summed E-state index contributed by atoms with van der Waals surface area (Å²) in [4.78, 5) is 23.9. The number of hydrogen-bond donors (Lipinski definition) is 4. The first-order chi connectivity index (χ1) is 18.0. The third-order valence-corrected chi connectivity index (χ3v) is 8.12. The molecule has 37 heavy (non-hydrogen) atoms. The molecule has 2 fully saturated rings. The first kappa shape index (κ1) is 29.6. The Hall–Kier alpha value is -1.93. The second-order valence-electron chi connectivity index (χ2n) is 11.1. The van der Waals surface area contributed by atoms with E-state index in [-0.39, 0.29) is 18.2 Å². The van der Waals surface area contributed by atoms with Crippen molar-refractivity contribution in [2.24, 2.45) is 21.5 Å². The molecular formula is C29H53N6O2+. The maximum Gasteiger partial charge on any atom is 0.345 e. The summed E-state index contributed by atoms with van der Waals surface area (Å²) in [7, 11) is 0. The monoisotopic (exact) mass is 517 g/mol. The lowest BCUT2D eigenvalue weighted by Gasteiger charge is -2.40. The Balaban J connectivity index is 1.58. The number of nitrogens with zero attached hydrogens (tertiary/aromatic N) is 2. The van der Waals surface area contributed by atoms with Crippen LogP contribution in [0.3, 0.4) is 0 Å². The molecule has 0 saturated carbocycles. The number of guanidine groups is 1. The Morgan fingerprint density at radius 2 is 1.76 bits per heavy atom. The predicted molar refractivity (Wildman–Crippen MR) is 151 cm³/mol. The average molecular weight is 518 g/mol. The molecule has 3 aliphatic heterocycles. The molecule has 6 N–H and O–H groups in total. The van der Waals surface area contributed by atoms with Crippen LogP contribution in [0.5, 0.6) is 0 Å². The van der Waals surface area contributed by atoms with Gasteiger partial charge in [-0.05, 0) is 32.1 Å². The summed E-state index contributed by atoms with van der Waals surface area (Å²) in [5.41, 5.74) is 13.7. The zero-order chi connectivity index (χ0) is 26.5. The Bertz CT molecular complexity index is 804. The molecule has 0 aromatic rings. The molecule has 2 unspecified atom stereocenters. The molecule has 0 amide bonds. The van der Waals surface area contributed by atoms with Crippen LogP contribution in [-0.4, -0.2) is 49.2 Å². The molecule has 0 radical (unpaired) electrons. The van der Waals surface area contributed by atoms with Crippen LogP contribution in [0.4, 0.5) is 0 Å². The van der Waals surface area contributed by atoms with E-state index in [1.807, 2.05) is 0 Å². The van der Waals surface area contributed by atoms with Gasteiger partial charge in [0.15, 0.2) is 5.96 Å². The molecule has 8 heteroatoms. The number of aliphatic imine (C=N–C) groups is 2. The van der Waals surface area contributed by atoms with Crippen LogP contribution in [-0.2, 0) is 9.53 Å². The number of rotatable bonds is 18. The molecule has 210 valence electrons. The van der Waals surface area contributed by atoms with Crippen molar-refractivity contribution in [3.05, 3.63) is 11.3 Å². The van der Waals surface area contributed by atoms with E-state index in [0.29, 0.717) is 25.2 Å². The fraction of sp³-hybridized carbons (Fsp3) is 0.828. The molecule has 0 bridgehead atoms. The number of unbranched alkanes of at least 4 members (excludes halogenated alkanes) is 9. The lowest BCUT2D eigenvalue weighted by Crippen LogP contribution is -3.19. The summed E-state index contributed by atoms with van der Waals surface area (Å²) in [5.74, 6) is -0.0870. The van der Waals surface area contributed by atoms with E-state index in [0.717, 1.165) is 62.7 Å². The van der Waals surface area contributed by atoms with E-state index in [2.05, 4.69) is 24.2 Å². The van der Waals surface area contributed by atoms with Gasteiger partial charge in [0.2, 0.25) is 6.29 Å². The smallest absolute Gasteiger partial charge is 0.345 e. The summed E-state index contributed by atoms with van der Waals surface area (Å²) in [6.45, 7) is 5.43. The zero-order valence-corrected chi connectivity index (χ0v) is 23.5. The minimum atomic E-state index is -0.191. The van der Waals surface area contributed by atoms with E-state index >= 15 is 0 Å². The van der Waals surface area contributed by atoms with Gasteiger partial charge in [0.25, 0.3) is 0 Å². The van der Waals surface area contributed by atoms with Crippen molar-refractivity contribution in [2.45, 2.75) is 141 Å². The van der Waals surface area contributed by atoms with Crippen LogP contribution in [0, 0.1) is 0 Å². The molecule has 3 heterocycles. The van der Waals surface area contributed by atoms with Gasteiger partial charge in [0.1, 0.15) is 11.3 Å². The number of ether oxygens (including phenoxy) is 1. The maximum atomic E-state index is 13.3. The molecule has 4 atom stereocenters. The third-order valence-electron chi connectivity index (χ3n) is 8.12. The average Bonchev–Trinajstić information content (AvgIpc) is 3.30. The van der Waals surface area contributed by atoms with Gasteiger partial charge in [-0.2, -0.15) is 0 Å². The zero-order valence-electron chi connectivity index (χ0n) is 23.5. The van der Waals surface area contributed by atoms with Crippen LogP contribution in [0.25, 0.3) is 0 Å². The van der Waals surface area contributed by atoms with Gasteiger partial charge in [-0.3, -0.25) is 9.89 Å². The second kappa shape index (κ2) is 16.1. The highest BCUT2D eigenvalue weighted by Gasteiger charge is 2.50. The van der Waals surface area contributed by atoms with Crippen LogP contribution in [0.15, 0.2) is 21.3 Å². The second-order valence-corrected chi connectivity index (χ2v) is 11.1. The third kappa shape index (κ3) is 9.10. The van der Waals surface area contributed by atoms with Crippen molar-refractivity contribution >= 4 is 17.6 Å². The van der Waals surface area contributed by atoms with Gasteiger partial charge in [-0.25, -0.2) is 15.1 Å². The van der Waals surface area contributed by atoms with Crippen LogP contribution < -0.4 is 21.7 Å².